The molecule has 0 aromatic carbocycles. The van der Waals surface area contributed by atoms with E-state index in [0.717, 1.165) is 26.2 Å². The van der Waals surface area contributed by atoms with Gasteiger partial charge in [0.2, 0.25) is 5.91 Å². The van der Waals surface area contributed by atoms with Crippen LogP contribution in [-0.2, 0) is 15.9 Å². The van der Waals surface area contributed by atoms with Crippen LogP contribution in [0.2, 0.25) is 0 Å². The molecule has 0 bridgehead atoms. The molecule has 2 N–H and O–H groups in total. The van der Waals surface area contributed by atoms with Crippen molar-refractivity contribution in [2.45, 2.75) is 75.4 Å². The standard InChI is InChI=1S/C20H23F4N3O2/c1-11(28)25-18(10-19(21,22)20(18,23)24)16-15(12-5-4-6-12)14-9-13(17(2,3)29)7-8-27(14)26-16/h7-9,12,29H,4-6,10H2,1-3H3,(H,25,28)/t18-/m1/s1. The molecule has 0 saturated heterocycles. The topological polar surface area (TPSA) is 66.6 Å². The molecule has 0 aliphatic heterocycles. The van der Waals surface area contributed by atoms with Gasteiger partial charge in [-0.05, 0) is 50.3 Å². The number of aliphatic hydroxyl groups is 1. The van der Waals surface area contributed by atoms with Crippen LogP contribution in [0.15, 0.2) is 18.3 Å². The van der Waals surface area contributed by atoms with Crippen molar-refractivity contribution in [3.63, 3.8) is 0 Å². The van der Waals surface area contributed by atoms with Crippen LogP contribution < -0.4 is 5.32 Å². The Bertz CT molecular complexity index is 992. The summed E-state index contributed by atoms with van der Waals surface area (Å²) < 4.78 is 58.7. The number of rotatable bonds is 4. The van der Waals surface area contributed by atoms with Gasteiger partial charge in [-0.15, -0.1) is 0 Å². The number of carbonyl (C=O) groups is 1. The third kappa shape index (κ3) is 2.69. The zero-order chi connectivity index (χ0) is 21.4. The molecule has 29 heavy (non-hydrogen) atoms. The number of hydrogen-bond donors (Lipinski definition) is 2. The zero-order valence-corrected chi connectivity index (χ0v) is 16.4. The summed E-state index contributed by atoms with van der Waals surface area (Å²) in [5.74, 6) is -9.65. The minimum absolute atomic E-state index is 0.116. The van der Waals surface area contributed by atoms with Gasteiger partial charge < -0.3 is 10.4 Å². The van der Waals surface area contributed by atoms with E-state index in [2.05, 4.69) is 10.4 Å². The number of aromatic nitrogens is 2. The molecule has 2 aromatic rings. The molecule has 0 radical (unpaired) electrons. The van der Waals surface area contributed by atoms with Crippen molar-refractivity contribution in [1.29, 1.82) is 0 Å². The molecule has 2 aliphatic rings. The van der Waals surface area contributed by atoms with E-state index in [1.165, 1.54) is 10.7 Å². The highest BCUT2D eigenvalue weighted by atomic mass is 19.3. The summed E-state index contributed by atoms with van der Waals surface area (Å²) in [7, 11) is 0. The molecule has 2 aliphatic carbocycles. The monoisotopic (exact) mass is 413 g/mol. The summed E-state index contributed by atoms with van der Waals surface area (Å²) in [4.78, 5) is 11.7. The first-order chi connectivity index (χ1) is 13.3. The normalized spacial score (nSPS) is 26.1. The SMILES string of the molecule is CC(=O)N[C@@]1(c2nn3ccc(C(C)(C)O)cc3c2C2CCC2)CC(F)(F)C1(F)F. The van der Waals surface area contributed by atoms with E-state index in [-0.39, 0.29) is 11.6 Å². The van der Waals surface area contributed by atoms with Crippen molar-refractivity contribution < 1.29 is 27.5 Å². The molecule has 2 aromatic heterocycles. The predicted octanol–water partition coefficient (Wildman–Crippen LogP) is 3.83. The number of amides is 1. The van der Waals surface area contributed by atoms with Gasteiger partial charge in [0.15, 0.2) is 5.54 Å². The summed E-state index contributed by atoms with van der Waals surface area (Å²) >= 11 is 0. The first-order valence-corrected chi connectivity index (χ1v) is 9.60. The Balaban J connectivity index is 1.98. The maximum absolute atomic E-state index is 14.8. The number of nitrogens with one attached hydrogen (secondary N) is 1. The molecule has 0 unspecified atom stereocenters. The minimum Gasteiger partial charge on any atom is -0.386 e. The number of nitrogens with zero attached hydrogens (tertiary/aromatic N) is 2. The van der Waals surface area contributed by atoms with Crippen LogP contribution in [0, 0.1) is 0 Å². The first kappa shape index (κ1) is 20.1. The second-order valence-electron chi connectivity index (χ2n) is 8.74. The molecule has 2 fully saturated rings. The Morgan fingerprint density at radius 3 is 2.41 bits per heavy atom. The quantitative estimate of drug-likeness (QED) is 0.749. The Morgan fingerprint density at radius 2 is 1.97 bits per heavy atom. The van der Waals surface area contributed by atoms with Gasteiger partial charge >= 0.3 is 11.8 Å². The number of alkyl halides is 4. The van der Waals surface area contributed by atoms with Crippen LogP contribution >= 0.6 is 0 Å². The molecule has 4 rings (SSSR count). The van der Waals surface area contributed by atoms with Gasteiger partial charge in [-0.25, -0.2) is 4.52 Å². The molecule has 1 atom stereocenters. The molecule has 9 heteroatoms. The lowest BCUT2D eigenvalue weighted by Crippen LogP contribution is -2.76. The van der Waals surface area contributed by atoms with E-state index in [0.29, 0.717) is 16.6 Å². The van der Waals surface area contributed by atoms with Crippen molar-refractivity contribution in [2.75, 3.05) is 0 Å². The van der Waals surface area contributed by atoms with Gasteiger partial charge in [-0.3, -0.25) is 4.79 Å². The lowest BCUT2D eigenvalue weighted by molar-refractivity contribution is -0.335. The van der Waals surface area contributed by atoms with Crippen molar-refractivity contribution in [3.05, 3.63) is 35.2 Å². The average molecular weight is 413 g/mol. The van der Waals surface area contributed by atoms with Crippen LogP contribution in [-0.4, -0.2) is 32.5 Å². The summed E-state index contributed by atoms with van der Waals surface area (Å²) in [5.41, 5.74) is -2.45. The molecular weight excluding hydrogens is 390 g/mol. The van der Waals surface area contributed by atoms with Gasteiger partial charge in [0, 0.05) is 18.7 Å². The van der Waals surface area contributed by atoms with Gasteiger partial charge in [-0.2, -0.15) is 22.7 Å². The molecule has 0 spiro atoms. The Hall–Kier alpha value is -2.16. The van der Waals surface area contributed by atoms with Gasteiger partial charge in [0.05, 0.1) is 23.2 Å². The van der Waals surface area contributed by atoms with Crippen LogP contribution in [0.4, 0.5) is 17.6 Å². The van der Waals surface area contributed by atoms with E-state index in [1.54, 1.807) is 26.0 Å². The van der Waals surface area contributed by atoms with Crippen molar-refractivity contribution in [1.82, 2.24) is 14.9 Å². The van der Waals surface area contributed by atoms with E-state index in [4.69, 9.17) is 0 Å². The number of carbonyl (C=O) groups excluding carboxylic acids is 1. The molecule has 158 valence electrons. The average Bonchev–Trinajstić information content (AvgIpc) is 2.90. The van der Waals surface area contributed by atoms with Gasteiger partial charge in [-0.1, -0.05) is 6.42 Å². The second kappa shape index (κ2) is 5.93. The summed E-state index contributed by atoms with van der Waals surface area (Å²) in [5, 5.41) is 16.7. The maximum atomic E-state index is 14.8. The minimum atomic E-state index is -4.47. The highest BCUT2D eigenvalue weighted by molar-refractivity contribution is 5.75. The third-order valence-corrected chi connectivity index (χ3v) is 6.17. The smallest absolute Gasteiger partial charge is 0.338 e. The number of halogens is 4. The maximum Gasteiger partial charge on any atom is 0.338 e. The fourth-order valence-corrected chi connectivity index (χ4v) is 4.33. The first-order valence-electron chi connectivity index (χ1n) is 9.60. The van der Waals surface area contributed by atoms with E-state index < -0.39 is 35.3 Å². The summed E-state index contributed by atoms with van der Waals surface area (Å²) in [6.45, 7) is 4.22. The molecule has 5 nitrogen and oxygen atoms in total. The second-order valence-corrected chi connectivity index (χ2v) is 8.74. The van der Waals surface area contributed by atoms with Crippen molar-refractivity contribution >= 4 is 11.4 Å². The highest BCUT2D eigenvalue weighted by Crippen LogP contribution is 2.63. The fraction of sp³-hybridized carbons (Fsp3) is 0.600. The zero-order valence-electron chi connectivity index (χ0n) is 16.4. The van der Waals surface area contributed by atoms with Crippen LogP contribution in [0.25, 0.3) is 5.52 Å². The summed E-state index contributed by atoms with van der Waals surface area (Å²) in [6.07, 6.45) is 2.64. The largest absolute Gasteiger partial charge is 0.386 e. The molecular formula is C20H23F4N3O2. The molecule has 2 saturated carbocycles. The van der Waals surface area contributed by atoms with Crippen molar-refractivity contribution in [3.8, 4) is 0 Å². The third-order valence-electron chi connectivity index (χ3n) is 6.17. The van der Waals surface area contributed by atoms with E-state index >= 15 is 0 Å². The Labute approximate surface area is 165 Å². The number of hydrogen-bond acceptors (Lipinski definition) is 3. The lowest BCUT2D eigenvalue weighted by atomic mass is 9.64. The van der Waals surface area contributed by atoms with Crippen LogP contribution in [0.3, 0.4) is 0 Å². The van der Waals surface area contributed by atoms with Gasteiger partial charge in [0.25, 0.3) is 0 Å². The fourth-order valence-electron chi connectivity index (χ4n) is 4.33. The van der Waals surface area contributed by atoms with E-state index in [1.807, 2.05) is 0 Å². The molecule has 1 amide bonds. The Kier molecular flexibility index (Phi) is 4.12. The van der Waals surface area contributed by atoms with Gasteiger partial charge in [0.1, 0.15) is 0 Å². The highest BCUT2D eigenvalue weighted by Gasteiger charge is 2.83. The molecule has 2 heterocycles. The van der Waals surface area contributed by atoms with Crippen LogP contribution in [0.1, 0.15) is 69.2 Å². The van der Waals surface area contributed by atoms with E-state index in [9.17, 15) is 27.5 Å². The van der Waals surface area contributed by atoms with Crippen molar-refractivity contribution in [2.24, 2.45) is 0 Å². The van der Waals surface area contributed by atoms with Crippen LogP contribution in [0.5, 0.6) is 0 Å². The lowest BCUT2D eigenvalue weighted by Gasteiger charge is -2.53. The number of pyridine rings is 1. The Morgan fingerprint density at radius 1 is 1.31 bits per heavy atom. The number of fused-ring (bicyclic) bond motifs is 1. The predicted molar refractivity (Wildman–Crippen MR) is 97.0 cm³/mol. The summed E-state index contributed by atoms with van der Waals surface area (Å²) in [6, 6.07) is 3.26.